The summed E-state index contributed by atoms with van der Waals surface area (Å²) < 4.78 is 38.0. The second kappa shape index (κ2) is 10.8. The lowest BCUT2D eigenvalue weighted by Gasteiger charge is -2.20. The second-order valence-electron chi connectivity index (χ2n) is 7.32. The maximum absolute atomic E-state index is 13.1. The molecule has 0 bridgehead atoms. The molecule has 178 valence electrons. The Morgan fingerprint density at radius 2 is 1.44 bits per heavy atom. The summed E-state index contributed by atoms with van der Waals surface area (Å²) in [5.41, 5.74) is 2.52. The highest BCUT2D eigenvalue weighted by atomic mass is 32.2. The third-order valence-corrected chi connectivity index (χ3v) is 7.80. The van der Waals surface area contributed by atoms with E-state index in [4.69, 9.17) is 9.47 Å². The Kier molecular flexibility index (Phi) is 8.01. The van der Waals surface area contributed by atoms with E-state index in [0.29, 0.717) is 22.7 Å². The molecule has 0 fully saturated rings. The summed E-state index contributed by atoms with van der Waals surface area (Å²) in [6.07, 6.45) is 0. The van der Waals surface area contributed by atoms with E-state index in [1.54, 1.807) is 68.8 Å². The van der Waals surface area contributed by atoms with Crippen LogP contribution in [0.25, 0.3) is 11.1 Å². The van der Waals surface area contributed by atoms with Gasteiger partial charge in [-0.1, -0.05) is 30.0 Å². The van der Waals surface area contributed by atoms with Gasteiger partial charge < -0.3 is 9.47 Å². The first-order chi connectivity index (χ1) is 16.2. The van der Waals surface area contributed by atoms with Gasteiger partial charge in [0.2, 0.25) is 0 Å². The number of sulfonamides is 1. The van der Waals surface area contributed by atoms with Gasteiger partial charge in [0, 0.05) is 19.5 Å². The molecule has 34 heavy (non-hydrogen) atoms. The Balaban J connectivity index is 1.79. The van der Waals surface area contributed by atoms with Gasteiger partial charge in [0.15, 0.2) is 22.4 Å². The van der Waals surface area contributed by atoms with Crippen LogP contribution in [0.1, 0.15) is 17.3 Å². The molecule has 0 amide bonds. The van der Waals surface area contributed by atoms with Gasteiger partial charge in [-0.3, -0.25) is 13.9 Å². The first-order valence-corrected chi connectivity index (χ1v) is 12.7. The summed E-state index contributed by atoms with van der Waals surface area (Å²) in [6.45, 7) is 1.40. The number of nitrogens with zero attached hydrogens (tertiary/aromatic N) is 1. The van der Waals surface area contributed by atoms with Crippen LogP contribution in [0.15, 0.2) is 71.6 Å². The fourth-order valence-corrected chi connectivity index (χ4v) is 4.94. The summed E-state index contributed by atoms with van der Waals surface area (Å²) >= 11 is 0.942. The van der Waals surface area contributed by atoms with Crippen molar-refractivity contribution in [2.45, 2.75) is 11.8 Å². The molecule has 0 saturated carbocycles. The van der Waals surface area contributed by atoms with Gasteiger partial charge in [-0.2, -0.15) is 0 Å². The van der Waals surface area contributed by atoms with Crippen LogP contribution in [0.3, 0.4) is 0 Å². The van der Waals surface area contributed by atoms with Crippen molar-refractivity contribution in [3.05, 3.63) is 72.3 Å². The molecule has 0 unspecified atom stereocenters. The van der Waals surface area contributed by atoms with Crippen molar-refractivity contribution < 1.29 is 27.5 Å². The molecule has 0 aromatic heterocycles. The molecule has 0 atom stereocenters. The zero-order valence-electron chi connectivity index (χ0n) is 19.3. The Morgan fingerprint density at radius 3 is 2.00 bits per heavy atom. The van der Waals surface area contributed by atoms with Crippen molar-refractivity contribution >= 4 is 38.4 Å². The first-order valence-electron chi connectivity index (χ1n) is 10.3. The zero-order chi connectivity index (χ0) is 24.9. The van der Waals surface area contributed by atoms with Crippen molar-refractivity contribution in [1.82, 2.24) is 0 Å². The molecule has 3 rings (SSSR count). The van der Waals surface area contributed by atoms with Gasteiger partial charge in [-0.05, 0) is 59.7 Å². The SMILES string of the molecule is COc1ccc(-c2ccc(S(=O)(=O)N(C)c3ccc(C(=O)CSC(C)=O)cc3)cc2)cc1OC. The lowest BCUT2D eigenvalue weighted by Crippen LogP contribution is -2.26. The van der Waals surface area contributed by atoms with Crippen molar-refractivity contribution in [3.8, 4) is 22.6 Å². The average molecular weight is 500 g/mol. The smallest absolute Gasteiger partial charge is 0.264 e. The van der Waals surface area contributed by atoms with Crippen molar-refractivity contribution in [3.63, 3.8) is 0 Å². The number of methoxy groups -OCH3 is 2. The van der Waals surface area contributed by atoms with E-state index in [-0.39, 0.29) is 21.5 Å². The molecule has 3 aromatic carbocycles. The summed E-state index contributed by atoms with van der Waals surface area (Å²) in [7, 11) is 0.763. The van der Waals surface area contributed by atoms with Crippen LogP contribution in [0.4, 0.5) is 5.69 Å². The Hall–Kier alpha value is -3.30. The van der Waals surface area contributed by atoms with E-state index in [0.717, 1.165) is 27.2 Å². The number of hydrogen-bond acceptors (Lipinski definition) is 7. The molecule has 0 saturated heterocycles. The number of carbonyl (C=O) groups excluding carboxylic acids is 2. The molecule has 0 aliphatic carbocycles. The Morgan fingerprint density at radius 1 is 0.853 bits per heavy atom. The zero-order valence-corrected chi connectivity index (χ0v) is 20.9. The number of benzene rings is 3. The first kappa shape index (κ1) is 25.3. The Bertz CT molecular complexity index is 1290. The molecule has 0 spiro atoms. The molecule has 0 heterocycles. The molecule has 3 aromatic rings. The molecule has 0 N–H and O–H groups in total. The molecule has 0 aliphatic rings. The van der Waals surface area contributed by atoms with Crippen LogP contribution in [0, 0.1) is 0 Å². The van der Waals surface area contributed by atoms with Crippen LogP contribution in [0.2, 0.25) is 0 Å². The van der Waals surface area contributed by atoms with E-state index < -0.39 is 10.0 Å². The number of carbonyl (C=O) groups is 2. The third kappa shape index (κ3) is 5.60. The number of anilines is 1. The van der Waals surface area contributed by atoms with Gasteiger partial charge in [0.05, 0.1) is 30.6 Å². The molecular formula is C25H25NO6S2. The highest BCUT2D eigenvalue weighted by Crippen LogP contribution is 2.33. The van der Waals surface area contributed by atoms with E-state index in [9.17, 15) is 18.0 Å². The molecular weight excluding hydrogens is 474 g/mol. The van der Waals surface area contributed by atoms with Gasteiger partial charge in [0.1, 0.15) is 0 Å². The van der Waals surface area contributed by atoms with E-state index in [1.165, 1.54) is 14.0 Å². The Labute approximate surface area is 203 Å². The number of ketones is 1. The quantitative estimate of drug-likeness (QED) is 0.396. The molecule has 0 aliphatic heterocycles. The van der Waals surface area contributed by atoms with Gasteiger partial charge in [0.25, 0.3) is 10.0 Å². The maximum atomic E-state index is 13.1. The highest BCUT2D eigenvalue weighted by molar-refractivity contribution is 8.14. The van der Waals surface area contributed by atoms with Gasteiger partial charge >= 0.3 is 0 Å². The van der Waals surface area contributed by atoms with E-state index in [1.807, 2.05) is 12.1 Å². The van der Waals surface area contributed by atoms with Crippen molar-refractivity contribution in [2.24, 2.45) is 0 Å². The van der Waals surface area contributed by atoms with Crippen LogP contribution in [-0.2, 0) is 14.8 Å². The van der Waals surface area contributed by atoms with Crippen molar-refractivity contribution in [2.75, 3.05) is 31.3 Å². The highest BCUT2D eigenvalue weighted by Gasteiger charge is 2.22. The summed E-state index contributed by atoms with van der Waals surface area (Å²) in [4.78, 5) is 23.3. The van der Waals surface area contributed by atoms with Crippen molar-refractivity contribution in [1.29, 1.82) is 0 Å². The van der Waals surface area contributed by atoms with Gasteiger partial charge in [-0.15, -0.1) is 0 Å². The number of hydrogen-bond donors (Lipinski definition) is 0. The predicted octanol–water partition coefficient (Wildman–Crippen LogP) is 4.66. The monoisotopic (exact) mass is 499 g/mol. The van der Waals surface area contributed by atoms with Gasteiger partial charge in [-0.25, -0.2) is 8.42 Å². The minimum Gasteiger partial charge on any atom is -0.493 e. The second-order valence-corrected chi connectivity index (χ2v) is 10.4. The lowest BCUT2D eigenvalue weighted by molar-refractivity contribution is -0.109. The molecule has 9 heteroatoms. The normalized spacial score (nSPS) is 11.1. The van der Waals surface area contributed by atoms with Crippen LogP contribution in [0.5, 0.6) is 11.5 Å². The predicted molar refractivity (Wildman–Crippen MR) is 134 cm³/mol. The maximum Gasteiger partial charge on any atom is 0.264 e. The summed E-state index contributed by atoms with van der Waals surface area (Å²) in [5, 5.41) is -0.132. The minimum absolute atomic E-state index is 0.0508. The van der Waals surface area contributed by atoms with Crippen LogP contribution in [-0.4, -0.2) is 46.3 Å². The minimum atomic E-state index is -3.81. The number of ether oxygens (including phenoxy) is 2. The number of rotatable bonds is 9. The summed E-state index contributed by atoms with van der Waals surface area (Å²) in [6, 6.07) is 18.3. The molecule has 0 radical (unpaired) electrons. The van der Waals surface area contributed by atoms with Crippen LogP contribution < -0.4 is 13.8 Å². The topological polar surface area (TPSA) is 90.0 Å². The standard InChI is InChI=1S/C25H25NO6S2/c1-17(27)33-16-23(28)19-5-10-21(11-6-19)26(2)34(29,30)22-12-7-18(8-13-22)20-9-14-24(31-3)25(15-20)32-4/h5-15H,16H2,1-4H3. The average Bonchev–Trinajstić information content (AvgIpc) is 2.86. The van der Waals surface area contributed by atoms with Crippen LogP contribution >= 0.6 is 11.8 Å². The fraction of sp³-hybridized carbons (Fsp3) is 0.200. The lowest BCUT2D eigenvalue weighted by atomic mass is 10.1. The fourth-order valence-electron chi connectivity index (χ4n) is 3.24. The largest absolute Gasteiger partial charge is 0.493 e. The third-order valence-electron chi connectivity index (χ3n) is 5.19. The molecule has 7 nitrogen and oxygen atoms in total. The summed E-state index contributed by atoms with van der Waals surface area (Å²) in [5.74, 6) is 1.05. The number of Topliss-reactive ketones (excluding diaryl/α,β-unsaturated/α-hetero) is 1. The van der Waals surface area contributed by atoms with E-state index >= 15 is 0 Å². The number of thioether (sulfide) groups is 1. The van der Waals surface area contributed by atoms with E-state index in [2.05, 4.69) is 0 Å².